The first kappa shape index (κ1) is 14.0. The van der Waals surface area contributed by atoms with Gasteiger partial charge in [-0.15, -0.1) is 11.3 Å². The highest BCUT2D eigenvalue weighted by Gasteiger charge is 2.11. The van der Waals surface area contributed by atoms with Crippen LogP contribution in [0.1, 0.15) is 22.2 Å². The summed E-state index contributed by atoms with van der Waals surface area (Å²) >= 11 is 5.01. The average Bonchev–Trinajstić information content (AvgIpc) is 2.83. The molecule has 0 radical (unpaired) electrons. The van der Waals surface area contributed by atoms with Crippen LogP contribution in [0, 0.1) is 0 Å². The van der Waals surface area contributed by atoms with Crippen molar-refractivity contribution in [2.45, 2.75) is 13.5 Å². The first-order valence-corrected chi connectivity index (χ1v) is 7.53. The maximum Gasteiger partial charge on any atom is 0.255 e. The molecule has 0 aliphatic rings. The molecule has 0 bridgehead atoms. The Morgan fingerprint density at radius 3 is 2.95 bits per heavy atom. The molecule has 2 heterocycles. The Kier molecular flexibility index (Phi) is 4.93. The number of pyridine rings is 1. The third-order valence-corrected chi connectivity index (χ3v) is 4.07. The molecule has 0 aliphatic carbocycles. The van der Waals surface area contributed by atoms with E-state index in [-0.39, 0.29) is 5.91 Å². The van der Waals surface area contributed by atoms with Gasteiger partial charge in [0, 0.05) is 17.6 Å². The second kappa shape index (κ2) is 6.68. The molecule has 1 amide bonds. The third-order valence-electron chi connectivity index (χ3n) is 2.45. The molecule has 0 aliphatic heterocycles. The van der Waals surface area contributed by atoms with E-state index in [1.165, 1.54) is 0 Å². The number of carbonyl (C=O) groups excluding carboxylic acids is 1. The Morgan fingerprint density at radius 2 is 2.26 bits per heavy atom. The summed E-state index contributed by atoms with van der Waals surface area (Å²) in [5.74, 6) is 0.503. The van der Waals surface area contributed by atoms with E-state index in [2.05, 4.69) is 31.5 Å². The topological polar surface area (TPSA) is 54.0 Å². The molecule has 0 saturated heterocycles. The van der Waals surface area contributed by atoms with Crippen molar-refractivity contribution in [3.63, 3.8) is 0 Å². The molecule has 0 atom stereocenters. The maximum atomic E-state index is 12.1. The van der Waals surface area contributed by atoms with Gasteiger partial charge in [0.25, 0.3) is 5.91 Å². The fourth-order valence-corrected chi connectivity index (χ4v) is 3.03. The van der Waals surface area contributed by atoms with Crippen LogP contribution in [0.5, 0.6) is 0 Å². The summed E-state index contributed by atoms with van der Waals surface area (Å²) in [4.78, 5) is 17.4. The van der Waals surface area contributed by atoms with Crippen molar-refractivity contribution in [1.82, 2.24) is 10.3 Å². The summed E-state index contributed by atoms with van der Waals surface area (Å²) in [6, 6.07) is 7.49. The zero-order valence-corrected chi connectivity index (χ0v) is 12.8. The first-order valence-electron chi connectivity index (χ1n) is 5.92. The molecular formula is C13H14BrN3OS. The number of anilines is 1. The van der Waals surface area contributed by atoms with Crippen molar-refractivity contribution in [3.8, 4) is 0 Å². The molecule has 2 aromatic heterocycles. The summed E-state index contributed by atoms with van der Waals surface area (Å²) in [6.45, 7) is 3.23. The second-order valence-electron chi connectivity index (χ2n) is 3.82. The summed E-state index contributed by atoms with van der Waals surface area (Å²) in [6.07, 6.45) is 1.67. The number of aromatic nitrogens is 1. The first-order chi connectivity index (χ1) is 9.20. The van der Waals surface area contributed by atoms with E-state index in [0.29, 0.717) is 17.9 Å². The van der Waals surface area contributed by atoms with Gasteiger partial charge in [-0.25, -0.2) is 4.98 Å². The lowest BCUT2D eigenvalue weighted by Crippen LogP contribution is -2.23. The van der Waals surface area contributed by atoms with Crippen molar-refractivity contribution in [2.24, 2.45) is 0 Å². The quantitative estimate of drug-likeness (QED) is 0.878. The van der Waals surface area contributed by atoms with E-state index in [0.717, 1.165) is 15.2 Å². The van der Waals surface area contributed by atoms with Crippen LogP contribution in [0.2, 0.25) is 0 Å². The maximum absolute atomic E-state index is 12.1. The van der Waals surface area contributed by atoms with E-state index in [4.69, 9.17) is 0 Å². The highest BCUT2D eigenvalue weighted by Crippen LogP contribution is 2.22. The SMILES string of the molecule is CCNc1ncccc1C(=O)NCc1ccc(Br)s1. The lowest BCUT2D eigenvalue weighted by molar-refractivity contribution is 0.0952. The van der Waals surface area contributed by atoms with Crippen LogP contribution in [-0.4, -0.2) is 17.4 Å². The molecule has 0 spiro atoms. The Hall–Kier alpha value is -1.40. The Morgan fingerprint density at radius 1 is 1.42 bits per heavy atom. The zero-order valence-electron chi connectivity index (χ0n) is 10.4. The van der Waals surface area contributed by atoms with Gasteiger partial charge in [-0.3, -0.25) is 4.79 Å². The normalized spacial score (nSPS) is 10.2. The number of hydrogen-bond acceptors (Lipinski definition) is 4. The van der Waals surface area contributed by atoms with E-state index in [1.807, 2.05) is 19.1 Å². The minimum atomic E-state index is -0.117. The van der Waals surface area contributed by atoms with Gasteiger partial charge in [0.15, 0.2) is 0 Å². The predicted molar refractivity (Wildman–Crippen MR) is 81.6 cm³/mol. The second-order valence-corrected chi connectivity index (χ2v) is 6.37. The van der Waals surface area contributed by atoms with Crippen LogP contribution in [0.25, 0.3) is 0 Å². The van der Waals surface area contributed by atoms with Crippen LogP contribution in [0.3, 0.4) is 0 Å². The number of carbonyl (C=O) groups is 1. The van der Waals surface area contributed by atoms with Crippen molar-refractivity contribution in [3.05, 3.63) is 44.7 Å². The fourth-order valence-electron chi connectivity index (χ4n) is 1.61. The largest absolute Gasteiger partial charge is 0.370 e. The third kappa shape index (κ3) is 3.78. The summed E-state index contributed by atoms with van der Waals surface area (Å²) in [5.41, 5.74) is 0.569. The smallest absolute Gasteiger partial charge is 0.255 e. The van der Waals surface area contributed by atoms with Gasteiger partial charge in [0.1, 0.15) is 5.82 Å². The summed E-state index contributed by atoms with van der Waals surface area (Å²) < 4.78 is 1.06. The molecule has 4 nitrogen and oxygen atoms in total. The van der Waals surface area contributed by atoms with E-state index >= 15 is 0 Å². The van der Waals surface area contributed by atoms with Crippen LogP contribution < -0.4 is 10.6 Å². The molecule has 6 heteroatoms. The fraction of sp³-hybridized carbons (Fsp3) is 0.231. The molecule has 2 rings (SSSR count). The molecule has 0 aromatic carbocycles. The Balaban J connectivity index is 2.03. The van der Waals surface area contributed by atoms with Gasteiger partial charge in [0.2, 0.25) is 0 Å². The molecule has 0 fully saturated rings. The number of halogens is 1. The minimum Gasteiger partial charge on any atom is -0.370 e. The lowest BCUT2D eigenvalue weighted by Gasteiger charge is -2.09. The highest BCUT2D eigenvalue weighted by molar-refractivity contribution is 9.11. The van der Waals surface area contributed by atoms with Gasteiger partial charge in [-0.1, -0.05) is 0 Å². The average molecular weight is 340 g/mol. The van der Waals surface area contributed by atoms with E-state index in [9.17, 15) is 4.79 Å². The van der Waals surface area contributed by atoms with Crippen molar-refractivity contribution < 1.29 is 4.79 Å². The van der Waals surface area contributed by atoms with Crippen molar-refractivity contribution in [2.75, 3.05) is 11.9 Å². The molecule has 19 heavy (non-hydrogen) atoms. The van der Waals surface area contributed by atoms with Crippen LogP contribution >= 0.6 is 27.3 Å². The van der Waals surface area contributed by atoms with Gasteiger partial charge < -0.3 is 10.6 Å². The molecule has 2 N–H and O–H groups in total. The number of thiophene rings is 1. The van der Waals surface area contributed by atoms with Gasteiger partial charge in [-0.05, 0) is 47.1 Å². The van der Waals surface area contributed by atoms with Crippen LogP contribution in [0.15, 0.2) is 34.2 Å². The van der Waals surface area contributed by atoms with E-state index in [1.54, 1.807) is 29.7 Å². The predicted octanol–water partition coefficient (Wildman–Crippen LogP) is 3.27. The van der Waals surface area contributed by atoms with Gasteiger partial charge in [-0.2, -0.15) is 0 Å². The Labute approximate surface area is 124 Å². The standard InChI is InChI=1S/C13H14BrN3OS/c1-2-15-12-10(4-3-7-16-12)13(18)17-8-9-5-6-11(14)19-9/h3-7H,2,8H2,1H3,(H,15,16)(H,17,18). The Bertz CT molecular complexity index is 571. The summed E-state index contributed by atoms with van der Waals surface area (Å²) in [5, 5.41) is 5.98. The molecule has 100 valence electrons. The summed E-state index contributed by atoms with van der Waals surface area (Å²) in [7, 11) is 0. The van der Waals surface area contributed by atoms with Gasteiger partial charge >= 0.3 is 0 Å². The van der Waals surface area contributed by atoms with E-state index < -0.39 is 0 Å². The number of nitrogens with one attached hydrogen (secondary N) is 2. The van der Waals surface area contributed by atoms with Crippen LogP contribution in [0.4, 0.5) is 5.82 Å². The molecular weight excluding hydrogens is 326 g/mol. The molecule has 2 aromatic rings. The monoisotopic (exact) mass is 339 g/mol. The number of nitrogens with zero attached hydrogens (tertiary/aromatic N) is 1. The lowest BCUT2D eigenvalue weighted by atomic mass is 10.2. The number of amides is 1. The highest BCUT2D eigenvalue weighted by atomic mass is 79.9. The molecule has 0 saturated carbocycles. The van der Waals surface area contributed by atoms with Crippen molar-refractivity contribution >= 4 is 39.0 Å². The number of hydrogen-bond donors (Lipinski definition) is 2. The van der Waals surface area contributed by atoms with Gasteiger partial charge in [0.05, 0.1) is 15.9 Å². The minimum absolute atomic E-state index is 0.117. The molecule has 0 unspecified atom stereocenters. The zero-order chi connectivity index (χ0) is 13.7. The van der Waals surface area contributed by atoms with Crippen molar-refractivity contribution in [1.29, 1.82) is 0 Å². The van der Waals surface area contributed by atoms with Crippen LogP contribution in [-0.2, 0) is 6.54 Å². The number of rotatable bonds is 5.